The predicted octanol–water partition coefficient (Wildman–Crippen LogP) is -0.687. The Hall–Kier alpha value is -2.35. The third-order valence-electron chi connectivity index (χ3n) is 3.31. The number of nitrogens with one attached hydrogen (secondary N) is 1. The number of carbonyl (C=O) groups is 2. The van der Waals surface area contributed by atoms with Gasteiger partial charge in [-0.25, -0.2) is 0 Å². The minimum Gasteiger partial charge on any atom is -0.494 e. The maximum absolute atomic E-state index is 12.3. The Morgan fingerprint density at radius 1 is 1.19 bits per heavy atom. The number of rotatable bonds is 3. The maximum Gasteiger partial charge on any atom is 0.317 e. The summed E-state index contributed by atoms with van der Waals surface area (Å²) < 4.78 is 0. The van der Waals surface area contributed by atoms with Gasteiger partial charge in [0.1, 0.15) is 0 Å². The topological polar surface area (TPSA) is 114 Å². The highest BCUT2D eigenvalue weighted by Crippen LogP contribution is 2.11. The second-order valence-corrected chi connectivity index (χ2v) is 4.93. The lowest BCUT2D eigenvalue weighted by Gasteiger charge is -2.21. The first-order chi connectivity index (χ1) is 9.95. The molecule has 8 heteroatoms. The highest BCUT2D eigenvalue weighted by Gasteiger charge is 2.21. The summed E-state index contributed by atoms with van der Waals surface area (Å²) in [6.07, 6.45) is 0.661. The fraction of sp³-hybridized carbons (Fsp3) is 0.462. The molecule has 3 N–H and O–H groups in total. The molecule has 2 heterocycles. The molecule has 1 aromatic rings. The van der Waals surface area contributed by atoms with Crippen LogP contribution >= 0.6 is 0 Å². The van der Waals surface area contributed by atoms with Crippen LogP contribution in [0.15, 0.2) is 16.9 Å². The number of nitrogens with zero attached hydrogens (tertiary/aromatic N) is 2. The molecule has 0 radical (unpaired) electrons. The number of pyridine rings is 1. The number of aliphatic carboxylic acids is 1. The van der Waals surface area contributed by atoms with E-state index in [0.717, 1.165) is 6.07 Å². The van der Waals surface area contributed by atoms with Crippen molar-refractivity contribution < 1.29 is 19.8 Å². The van der Waals surface area contributed by atoms with E-state index in [1.807, 2.05) is 0 Å². The van der Waals surface area contributed by atoms with Crippen molar-refractivity contribution in [3.63, 3.8) is 0 Å². The molecule has 0 unspecified atom stereocenters. The van der Waals surface area contributed by atoms with Crippen LogP contribution < -0.4 is 5.56 Å². The van der Waals surface area contributed by atoms with E-state index in [4.69, 9.17) is 5.11 Å². The van der Waals surface area contributed by atoms with E-state index in [1.54, 1.807) is 9.80 Å². The van der Waals surface area contributed by atoms with Gasteiger partial charge in [0.2, 0.25) is 0 Å². The number of carboxylic acids is 1. The van der Waals surface area contributed by atoms with E-state index in [2.05, 4.69) is 4.98 Å². The molecule has 0 bridgehead atoms. The Morgan fingerprint density at radius 2 is 1.95 bits per heavy atom. The minimum absolute atomic E-state index is 0.0478. The molecule has 0 saturated carbocycles. The molecule has 0 atom stereocenters. The first-order valence-electron chi connectivity index (χ1n) is 6.62. The van der Waals surface area contributed by atoms with Crippen molar-refractivity contribution in [1.82, 2.24) is 14.8 Å². The highest BCUT2D eigenvalue weighted by molar-refractivity contribution is 5.94. The first kappa shape index (κ1) is 15.0. The van der Waals surface area contributed by atoms with E-state index >= 15 is 0 Å². The number of aromatic amines is 1. The Labute approximate surface area is 120 Å². The Kier molecular flexibility index (Phi) is 4.59. The predicted molar refractivity (Wildman–Crippen MR) is 73.3 cm³/mol. The second-order valence-electron chi connectivity index (χ2n) is 4.93. The zero-order valence-electron chi connectivity index (χ0n) is 11.4. The van der Waals surface area contributed by atoms with Crippen molar-refractivity contribution >= 4 is 11.9 Å². The summed E-state index contributed by atoms with van der Waals surface area (Å²) in [7, 11) is 0. The second kappa shape index (κ2) is 6.40. The zero-order chi connectivity index (χ0) is 15.4. The van der Waals surface area contributed by atoms with Crippen LogP contribution in [0.3, 0.4) is 0 Å². The van der Waals surface area contributed by atoms with Gasteiger partial charge in [-0.15, -0.1) is 0 Å². The molecule has 114 valence electrons. The van der Waals surface area contributed by atoms with Crippen LogP contribution in [0, 0.1) is 0 Å². The summed E-state index contributed by atoms with van der Waals surface area (Å²) >= 11 is 0. The molecule has 1 aromatic heterocycles. The summed E-state index contributed by atoms with van der Waals surface area (Å²) in [5.74, 6) is -1.59. The zero-order valence-corrected chi connectivity index (χ0v) is 11.4. The van der Waals surface area contributed by atoms with Crippen molar-refractivity contribution in [1.29, 1.82) is 0 Å². The summed E-state index contributed by atoms with van der Waals surface area (Å²) in [6, 6.07) is 2.35. The molecule has 1 fully saturated rings. The molecular weight excluding hydrogens is 278 g/mol. The molecule has 21 heavy (non-hydrogen) atoms. The standard InChI is InChI=1S/C13H17N3O5/c17-10-6-9(7-11(18)14-10)13(21)16-3-1-2-15(4-5-16)8-12(19)20/h6-7H,1-5,8H2,(H,19,20)(H2,14,17,18). The molecule has 1 aliphatic rings. The summed E-state index contributed by atoms with van der Waals surface area (Å²) in [5, 5.41) is 18.1. The molecule has 1 saturated heterocycles. The lowest BCUT2D eigenvalue weighted by molar-refractivity contribution is -0.138. The molecule has 1 aliphatic heterocycles. The van der Waals surface area contributed by atoms with Crippen molar-refractivity contribution in [2.75, 3.05) is 32.7 Å². The average Bonchev–Trinajstić information content (AvgIpc) is 2.61. The Morgan fingerprint density at radius 3 is 2.62 bits per heavy atom. The number of amides is 1. The van der Waals surface area contributed by atoms with Gasteiger partial charge in [0.15, 0.2) is 5.88 Å². The molecule has 0 aliphatic carbocycles. The van der Waals surface area contributed by atoms with Gasteiger partial charge in [0.25, 0.3) is 11.5 Å². The minimum atomic E-state index is -0.894. The lowest BCUT2D eigenvalue weighted by Crippen LogP contribution is -2.37. The van der Waals surface area contributed by atoms with Gasteiger partial charge in [-0.3, -0.25) is 24.3 Å². The van der Waals surface area contributed by atoms with Gasteiger partial charge in [0, 0.05) is 38.3 Å². The maximum atomic E-state index is 12.3. The summed E-state index contributed by atoms with van der Waals surface area (Å²) in [5.41, 5.74) is -0.413. The number of H-pyrrole nitrogens is 1. The molecule has 8 nitrogen and oxygen atoms in total. The Balaban J connectivity index is 2.06. The van der Waals surface area contributed by atoms with Gasteiger partial charge in [-0.1, -0.05) is 0 Å². The Bertz CT molecular complexity index is 598. The van der Waals surface area contributed by atoms with Crippen LogP contribution in [-0.4, -0.2) is 69.6 Å². The normalized spacial score (nSPS) is 16.5. The highest BCUT2D eigenvalue weighted by atomic mass is 16.4. The van der Waals surface area contributed by atoms with Crippen molar-refractivity contribution in [3.8, 4) is 5.88 Å². The number of carboxylic acid groups (broad SMARTS) is 1. The summed E-state index contributed by atoms with van der Waals surface area (Å²) in [6.45, 7) is 1.90. The number of hydrogen-bond donors (Lipinski definition) is 3. The van der Waals surface area contributed by atoms with Crippen molar-refractivity contribution in [3.05, 3.63) is 28.0 Å². The fourth-order valence-electron chi connectivity index (χ4n) is 2.36. The average molecular weight is 295 g/mol. The van der Waals surface area contributed by atoms with Gasteiger partial charge >= 0.3 is 5.97 Å². The number of aromatic hydroxyl groups is 1. The quantitative estimate of drug-likeness (QED) is 0.680. The van der Waals surface area contributed by atoms with Crippen LogP contribution in [-0.2, 0) is 4.79 Å². The van der Waals surface area contributed by atoms with Gasteiger partial charge < -0.3 is 15.1 Å². The molecular formula is C13H17N3O5. The molecule has 0 spiro atoms. The van der Waals surface area contributed by atoms with E-state index in [9.17, 15) is 19.5 Å². The smallest absolute Gasteiger partial charge is 0.317 e. The SMILES string of the molecule is O=C(O)CN1CCCN(C(=O)c2cc(O)[nH]c(=O)c2)CC1. The molecule has 0 aromatic carbocycles. The van der Waals surface area contributed by atoms with Crippen LogP contribution in [0.1, 0.15) is 16.8 Å². The first-order valence-corrected chi connectivity index (χ1v) is 6.62. The van der Waals surface area contributed by atoms with Crippen LogP contribution in [0.2, 0.25) is 0 Å². The van der Waals surface area contributed by atoms with E-state index in [1.165, 1.54) is 6.07 Å². The third-order valence-corrected chi connectivity index (χ3v) is 3.31. The van der Waals surface area contributed by atoms with Crippen molar-refractivity contribution in [2.24, 2.45) is 0 Å². The van der Waals surface area contributed by atoms with Gasteiger partial charge in [0.05, 0.1) is 12.1 Å². The largest absolute Gasteiger partial charge is 0.494 e. The monoisotopic (exact) mass is 295 g/mol. The van der Waals surface area contributed by atoms with Gasteiger partial charge in [-0.2, -0.15) is 0 Å². The van der Waals surface area contributed by atoms with Crippen molar-refractivity contribution in [2.45, 2.75) is 6.42 Å². The number of aromatic nitrogens is 1. The summed E-state index contributed by atoms with van der Waals surface area (Å²) in [4.78, 5) is 39.8. The number of hydrogen-bond acceptors (Lipinski definition) is 5. The van der Waals surface area contributed by atoms with Crippen LogP contribution in [0.4, 0.5) is 0 Å². The van der Waals surface area contributed by atoms with E-state index < -0.39 is 11.5 Å². The van der Waals surface area contributed by atoms with E-state index in [-0.39, 0.29) is 23.9 Å². The van der Waals surface area contributed by atoms with Crippen LogP contribution in [0.5, 0.6) is 5.88 Å². The molecule has 1 amide bonds. The van der Waals surface area contributed by atoms with Gasteiger partial charge in [-0.05, 0) is 6.42 Å². The molecule has 2 rings (SSSR count). The van der Waals surface area contributed by atoms with E-state index in [0.29, 0.717) is 32.6 Å². The van der Waals surface area contributed by atoms with Crippen LogP contribution in [0.25, 0.3) is 0 Å². The lowest BCUT2D eigenvalue weighted by atomic mass is 10.2. The fourth-order valence-corrected chi connectivity index (χ4v) is 2.36. The third kappa shape index (κ3) is 4.06. The number of carbonyl (C=O) groups excluding carboxylic acids is 1.